The second kappa shape index (κ2) is 4.30. The standard InChI is InChI=1S/C12H20/c1-2-6-11(5-1)9-10-12-7-3-4-8-12/h1,3,11-12H,2,4-10H2. The summed E-state index contributed by atoms with van der Waals surface area (Å²) in [6.45, 7) is 0. The minimum atomic E-state index is 1.06. The topological polar surface area (TPSA) is 0 Å². The van der Waals surface area contributed by atoms with Crippen LogP contribution < -0.4 is 0 Å². The predicted molar refractivity (Wildman–Crippen MR) is 52.5 cm³/mol. The molecule has 2 aliphatic rings. The van der Waals surface area contributed by atoms with Crippen LogP contribution in [-0.2, 0) is 0 Å². The normalized spacial score (nSPS) is 27.0. The maximum Gasteiger partial charge on any atom is -0.0383 e. The SMILES string of the molecule is [CH]1CCC(CCC2C[CH]CC2)C1. The van der Waals surface area contributed by atoms with Crippen molar-refractivity contribution < 1.29 is 0 Å². The molecule has 0 aromatic rings. The van der Waals surface area contributed by atoms with Crippen LogP contribution in [0.25, 0.3) is 0 Å². The fourth-order valence-corrected chi connectivity index (χ4v) is 2.65. The van der Waals surface area contributed by atoms with E-state index in [4.69, 9.17) is 0 Å². The molecule has 0 heteroatoms. The van der Waals surface area contributed by atoms with Gasteiger partial charge in [-0.05, 0) is 50.4 Å². The highest BCUT2D eigenvalue weighted by atomic mass is 14.2. The lowest BCUT2D eigenvalue weighted by atomic mass is 9.94. The first-order valence-corrected chi connectivity index (χ1v) is 5.58. The Morgan fingerprint density at radius 2 is 1.33 bits per heavy atom. The molecule has 2 rings (SSSR count). The average molecular weight is 164 g/mol. The lowest BCUT2D eigenvalue weighted by Crippen LogP contribution is -1.99. The van der Waals surface area contributed by atoms with Crippen molar-refractivity contribution in [1.29, 1.82) is 0 Å². The molecule has 2 saturated carbocycles. The first-order valence-electron chi connectivity index (χ1n) is 5.58. The summed E-state index contributed by atoms with van der Waals surface area (Å²) in [5, 5.41) is 0. The summed E-state index contributed by atoms with van der Waals surface area (Å²) in [4.78, 5) is 0. The molecule has 0 N–H and O–H groups in total. The van der Waals surface area contributed by atoms with Gasteiger partial charge in [-0.15, -0.1) is 0 Å². The van der Waals surface area contributed by atoms with E-state index < -0.39 is 0 Å². The monoisotopic (exact) mass is 164 g/mol. The molecular weight excluding hydrogens is 144 g/mol. The number of hydrogen-bond donors (Lipinski definition) is 0. The molecule has 2 atom stereocenters. The van der Waals surface area contributed by atoms with Gasteiger partial charge in [-0.2, -0.15) is 0 Å². The van der Waals surface area contributed by atoms with Crippen LogP contribution in [0, 0.1) is 24.7 Å². The maximum absolute atomic E-state index is 2.48. The molecule has 0 aliphatic heterocycles. The van der Waals surface area contributed by atoms with Gasteiger partial charge in [0.05, 0.1) is 0 Å². The van der Waals surface area contributed by atoms with E-state index in [9.17, 15) is 0 Å². The Morgan fingerprint density at radius 1 is 0.833 bits per heavy atom. The summed E-state index contributed by atoms with van der Waals surface area (Å²) in [5.74, 6) is 2.12. The van der Waals surface area contributed by atoms with Crippen LogP contribution in [-0.4, -0.2) is 0 Å². The van der Waals surface area contributed by atoms with Gasteiger partial charge in [0.2, 0.25) is 0 Å². The van der Waals surface area contributed by atoms with Crippen LogP contribution in [0.15, 0.2) is 0 Å². The van der Waals surface area contributed by atoms with Gasteiger partial charge in [0.1, 0.15) is 0 Å². The molecular formula is C12H20. The summed E-state index contributed by atoms with van der Waals surface area (Å²) >= 11 is 0. The van der Waals surface area contributed by atoms with Crippen LogP contribution in [0.1, 0.15) is 51.4 Å². The molecule has 0 aromatic carbocycles. The van der Waals surface area contributed by atoms with Gasteiger partial charge in [-0.1, -0.05) is 25.7 Å². The highest BCUT2D eigenvalue weighted by Crippen LogP contribution is 2.33. The molecule has 0 nitrogen and oxygen atoms in total. The Bertz CT molecular complexity index is 100. The zero-order valence-corrected chi connectivity index (χ0v) is 7.97. The first-order chi connectivity index (χ1) is 5.95. The van der Waals surface area contributed by atoms with E-state index in [0.717, 1.165) is 11.8 Å². The van der Waals surface area contributed by atoms with Crippen molar-refractivity contribution in [1.82, 2.24) is 0 Å². The Hall–Kier alpha value is 0. The van der Waals surface area contributed by atoms with Gasteiger partial charge in [0.25, 0.3) is 0 Å². The largest absolute Gasteiger partial charge is 0.0502 e. The minimum Gasteiger partial charge on any atom is -0.0502 e. The summed E-state index contributed by atoms with van der Waals surface area (Å²) in [6, 6.07) is 0. The molecule has 2 fully saturated rings. The molecule has 2 radical (unpaired) electrons. The lowest BCUT2D eigenvalue weighted by molar-refractivity contribution is 0.408. The second-order valence-electron chi connectivity index (χ2n) is 4.51. The van der Waals surface area contributed by atoms with Crippen molar-refractivity contribution in [2.45, 2.75) is 51.4 Å². The van der Waals surface area contributed by atoms with Crippen molar-refractivity contribution >= 4 is 0 Å². The fourth-order valence-electron chi connectivity index (χ4n) is 2.65. The van der Waals surface area contributed by atoms with Crippen molar-refractivity contribution in [3.05, 3.63) is 12.8 Å². The van der Waals surface area contributed by atoms with Gasteiger partial charge < -0.3 is 0 Å². The van der Waals surface area contributed by atoms with Crippen molar-refractivity contribution in [3.63, 3.8) is 0 Å². The predicted octanol–water partition coefficient (Wildman–Crippen LogP) is 3.78. The third kappa shape index (κ3) is 2.24. The van der Waals surface area contributed by atoms with Gasteiger partial charge in [-0.3, -0.25) is 0 Å². The van der Waals surface area contributed by atoms with Crippen LogP contribution >= 0.6 is 0 Å². The lowest BCUT2D eigenvalue weighted by Gasteiger charge is -2.12. The number of rotatable bonds is 3. The smallest absolute Gasteiger partial charge is 0.0383 e. The van der Waals surface area contributed by atoms with Crippen LogP contribution in [0.4, 0.5) is 0 Å². The maximum atomic E-state index is 2.48. The molecule has 0 amide bonds. The van der Waals surface area contributed by atoms with Crippen LogP contribution in [0.2, 0.25) is 0 Å². The van der Waals surface area contributed by atoms with E-state index in [1.165, 1.54) is 51.4 Å². The molecule has 2 aliphatic carbocycles. The highest BCUT2D eigenvalue weighted by molar-refractivity contribution is 4.84. The van der Waals surface area contributed by atoms with E-state index >= 15 is 0 Å². The Balaban J connectivity index is 1.60. The minimum absolute atomic E-state index is 1.06. The van der Waals surface area contributed by atoms with E-state index in [-0.39, 0.29) is 0 Å². The summed E-state index contributed by atoms with van der Waals surface area (Å²) in [6.07, 6.45) is 16.5. The zero-order valence-electron chi connectivity index (χ0n) is 7.97. The van der Waals surface area contributed by atoms with Gasteiger partial charge >= 0.3 is 0 Å². The molecule has 0 saturated heterocycles. The van der Waals surface area contributed by atoms with Gasteiger partial charge in [-0.25, -0.2) is 0 Å². The average Bonchev–Trinajstić information content (AvgIpc) is 2.74. The molecule has 0 bridgehead atoms. The Kier molecular flexibility index (Phi) is 3.08. The molecule has 68 valence electrons. The van der Waals surface area contributed by atoms with Gasteiger partial charge in [0, 0.05) is 0 Å². The van der Waals surface area contributed by atoms with E-state index in [1.807, 2.05) is 0 Å². The third-order valence-corrected chi connectivity index (χ3v) is 3.54. The van der Waals surface area contributed by atoms with Crippen molar-refractivity contribution in [2.24, 2.45) is 11.8 Å². The summed E-state index contributed by atoms with van der Waals surface area (Å²) < 4.78 is 0. The van der Waals surface area contributed by atoms with Crippen molar-refractivity contribution in [3.8, 4) is 0 Å². The van der Waals surface area contributed by atoms with Crippen molar-refractivity contribution in [2.75, 3.05) is 0 Å². The van der Waals surface area contributed by atoms with Gasteiger partial charge in [0.15, 0.2) is 0 Å². The summed E-state index contributed by atoms with van der Waals surface area (Å²) in [7, 11) is 0. The first kappa shape index (κ1) is 8.59. The third-order valence-electron chi connectivity index (χ3n) is 3.54. The molecule has 0 heterocycles. The number of hydrogen-bond acceptors (Lipinski definition) is 0. The van der Waals surface area contributed by atoms with E-state index in [2.05, 4.69) is 12.8 Å². The Morgan fingerprint density at radius 3 is 1.67 bits per heavy atom. The van der Waals surface area contributed by atoms with E-state index in [1.54, 1.807) is 0 Å². The summed E-state index contributed by atoms with van der Waals surface area (Å²) in [5.41, 5.74) is 0. The molecule has 12 heavy (non-hydrogen) atoms. The fraction of sp³-hybridized carbons (Fsp3) is 0.833. The molecule has 2 unspecified atom stereocenters. The van der Waals surface area contributed by atoms with E-state index in [0.29, 0.717) is 0 Å². The highest BCUT2D eigenvalue weighted by Gasteiger charge is 2.19. The zero-order chi connectivity index (χ0) is 8.23. The van der Waals surface area contributed by atoms with Crippen LogP contribution in [0.5, 0.6) is 0 Å². The quantitative estimate of drug-likeness (QED) is 0.595. The van der Waals surface area contributed by atoms with Crippen LogP contribution in [0.3, 0.4) is 0 Å². The molecule has 0 spiro atoms. The Labute approximate surface area is 76.7 Å². The molecule has 0 aromatic heterocycles. The second-order valence-corrected chi connectivity index (χ2v) is 4.51.